The molecule has 2 fully saturated rings. The van der Waals surface area contributed by atoms with Gasteiger partial charge in [-0.2, -0.15) is 0 Å². The van der Waals surface area contributed by atoms with Crippen molar-refractivity contribution in [3.05, 3.63) is 179 Å². The molecule has 2 aliphatic heterocycles. The molecule has 3 amide bonds. The fourth-order valence-corrected chi connectivity index (χ4v) is 7.97. The highest BCUT2D eigenvalue weighted by Crippen LogP contribution is 2.39. The van der Waals surface area contributed by atoms with E-state index in [1.807, 2.05) is 103 Å². The number of ether oxygens (including phenoxy) is 3. The lowest BCUT2D eigenvalue weighted by atomic mass is 9.98. The number of likely N-dealkylation sites (tertiary alicyclic amines) is 1. The number of aliphatic hydroxyl groups excluding tert-OH is 1. The number of likely N-dealkylation sites (N-methyl/N-ethyl adjacent to an activating group) is 1. The molecule has 0 aromatic heterocycles. The first-order valence-electron chi connectivity index (χ1n) is 20.4. The Morgan fingerprint density at radius 3 is 2.27 bits per heavy atom. The van der Waals surface area contributed by atoms with E-state index in [4.69, 9.17) is 14.2 Å². The van der Waals surface area contributed by atoms with Gasteiger partial charge in [0.05, 0.1) is 31.8 Å². The quantitative estimate of drug-likeness (QED) is 0.111. The molecular formula is C50H49N3O7. The largest absolute Gasteiger partial charge is 0.445 e. The van der Waals surface area contributed by atoms with E-state index >= 15 is 0 Å². The van der Waals surface area contributed by atoms with E-state index in [-0.39, 0.29) is 50.3 Å². The molecule has 0 saturated carbocycles. The molecule has 2 heterocycles. The van der Waals surface area contributed by atoms with Crippen LogP contribution < -0.4 is 5.32 Å². The molecule has 5 atom stereocenters. The highest BCUT2D eigenvalue weighted by molar-refractivity contribution is 6.06. The Labute approximate surface area is 350 Å². The van der Waals surface area contributed by atoms with Crippen molar-refractivity contribution in [2.24, 2.45) is 0 Å². The fraction of sp³-hybridized carbons (Fsp3) is 0.260. The second kappa shape index (κ2) is 18.4. The minimum absolute atomic E-state index is 0.0206. The Morgan fingerprint density at radius 1 is 0.783 bits per heavy atom. The van der Waals surface area contributed by atoms with Crippen molar-refractivity contribution in [1.82, 2.24) is 15.1 Å². The summed E-state index contributed by atoms with van der Waals surface area (Å²) in [5, 5.41) is 14.7. The molecule has 8 rings (SSSR count). The first kappa shape index (κ1) is 40.6. The minimum atomic E-state index is -0.978. The summed E-state index contributed by atoms with van der Waals surface area (Å²) in [6.07, 6.45) is -1.15. The summed E-state index contributed by atoms with van der Waals surface area (Å²) in [6.45, 7) is 3.04. The number of benzene rings is 6. The molecule has 6 aromatic rings. The monoisotopic (exact) mass is 803 g/mol. The van der Waals surface area contributed by atoms with E-state index < -0.39 is 24.3 Å². The predicted molar refractivity (Wildman–Crippen MR) is 229 cm³/mol. The highest BCUT2D eigenvalue weighted by atomic mass is 16.7. The van der Waals surface area contributed by atoms with Crippen molar-refractivity contribution in [2.45, 2.75) is 70.1 Å². The lowest BCUT2D eigenvalue weighted by Crippen LogP contribution is -2.41. The number of alkyl carbamates (subject to hydrolysis) is 1. The second-order valence-corrected chi connectivity index (χ2v) is 15.7. The van der Waals surface area contributed by atoms with E-state index in [1.54, 1.807) is 0 Å². The SMILES string of the molecule is CC(c1ccc2ccccc2c1)N(C)CC1CC(c2ccc(CO)cc2)OC(c2ccc(-c3cccc(CN4C(=O)CC(NC(=O)OCc5ccccc5)C4=O)c3)cc2)O1. The molecule has 306 valence electrons. The van der Waals surface area contributed by atoms with Crippen LogP contribution in [0.5, 0.6) is 0 Å². The molecule has 2 aliphatic rings. The summed E-state index contributed by atoms with van der Waals surface area (Å²) in [5.74, 6) is -0.819. The van der Waals surface area contributed by atoms with Gasteiger partial charge in [-0.05, 0) is 75.8 Å². The van der Waals surface area contributed by atoms with Crippen LogP contribution in [0.3, 0.4) is 0 Å². The van der Waals surface area contributed by atoms with E-state index in [0.717, 1.165) is 38.9 Å². The van der Waals surface area contributed by atoms with Gasteiger partial charge in [-0.1, -0.05) is 133 Å². The number of nitrogens with zero attached hydrogens (tertiary/aromatic N) is 2. The Hall–Kier alpha value is -6.17. The van der Waals surface area contributed by atoms with Gasteiger partial charge >= 0.3 is 6.09 Å². The summed E-state index contributed by atoms with van der Waals surface area (Å²) >= 11 is 0. The Balaban J connectivity index is 0.933. The molecule has 6 aromatic carbocycles. The van der Waals surface area contributed by atoms with Crippen molar-refractivity contribution in [3.8, 4) is 11.1 Å². The van der Waals surface area contributed by atoms with E-state index in [9.17, 15) is 19.5 Å². The van der Waals surface area contributed by atoms with Gasteiger partial charge in [0.15, 0.2) is 6.29 Å². The smallest absolute Gasteiger partial charge is 0.408 e. The van der Waals surface area contributed by atoms with E-state index in [1.165, 1.54) is 21.2 Å². The van der Waals surface area contributed by atoms with Crippen molar-refractivity contribution in [2.75, 3.05) is 13.6 Å². The number of carbonyl (C=O) groups excluding carboxylic acids is 3. The van der Waals surface area contributed by atoms with Crippen molar-refractivity contribution < 1.29 is 33.7 Å². The molecule has 0 spiro atoms. The number of rotatable bonds is 13. The average Bonchev–Trinajstić information content (AvgIpc) is 3.55. The third-order valence-corrected chi connectivity index (χ3v) is 11.6. The van der Waals surface area contributed by atoms with Crippen LogP contribution in [-0.4, -0.2) is 58.6 Å². The zero-order valence-electron chi connectivity index (χ0n) is 33.8. The van der Waals surface area contributed by atoms with Gasteiger partial charge in [-0.25, -0.2) is 4.79 Å². The molecule has 2 N–H and O–H groups in total. The molecule has 0 radical (unpaired) electrons. The molecule has 5 unspecified atom stereocenters. The van der Waals surface area contributed by atoms with Gasteiger partial charge in [0.1, 0.15) is 12.6 Å². The van der Waals surface area contributed by atoms with Crippen LogP contribution in [0.25, 0.3) is 21.9 Å². The fourth-order valence-electron chi connectivity index (χ4n) is 7.97. The van der Waals surface area contributed by atoms with E-state index in [2.05, 4.69) is 66.7 Å². The van der Waals surface area contributed by atoms with Crippen molar-refractivity contribution in [3.63, 3.8) is 0 Å². The molecular weight excluding hydrogens is 755 g/mol. The Bertz CT molecular complexity index is 2440. The number of fused-ring (bicyclic) bond motifs is 1. The zero-order chi connectivity index (χ0) is 41.6. The van der Waals surface area contributed by atoms with Crippen LogP contribution in [0.4, 0.5) is 4.79 Å². The summed E-state index contributed by atoms with van der Waals surface area (Å²) in [5.41, 5.74) is 7.48. The van der Waals surface area contributed by atoms with Gasteiger partial charge in [0.2, 0.25) is 5.91 Å². The van der Waals surface area contributed by atoms with Crippen LogP contribution >= 0.6 is 0 Å². The third kappa shape index (κ3) is 9.48. The summed E-state index contributed by atoms with van der Waals surface area (Å²) in [6, 6.07) is 47.2. The zero-order valence-corrected chi connectivity index (χ0v) is 33.8. The molecule has 10 heteroatoms. The predicted octanol–water partition coefficient (Wildman–Crippen LogP) is 8.79. The van der Waals surface area contributed by atoms with Gasteiger partial charge in [0.25, 0.3) is 5.91 Å². The van der Waals surface area contributed by atoms with Gasteiger partial charge in [0, 0.05) is 24.6 Å². The molecule has 0 aliphatic carbocycles. The summed E-state index contributed by atoms with van der Waals surface area (Å²) < 4.78 is 18.6. The summed E-state index contributed by atoms with van der Waals surface area (Å²) in [4.78, 5) is 42.1. The lowest BCUT2D eigenvalue weighted by molar-refractivity contribution is -0.253. The van der Waals surface area contributed by atoms with Crippen molar-refractivity contribution >= 4 is 28.7 Å². The van der Waals surface area contributed by atoms with Crippen molar-refractivity contribution in [1.29, 1.82) is 0 Å². The summed E-state index contributed by atoms with van der Waals surface area (Å²) in [7, 11) is 2.14. The standard InChI is InChI=1S/C50H49N3O7/c1-33(41-24-21-37-12-6-7-13-43(37)26-41)52(2)30-44-27-46(39-17-15-34(31-54)16-18-39)60-49(59-44)40-22-19-38(20-23-40)42-14-8-11-36(25-42)29-53-47(55)28-45(48(53)56)51-50(57)58-32-35-9-4-3-5-10-35/h3-26,33,44-46,49,54H,27-32H2,1-2H3,(H,51,57). The highest BCUT2D eigenvalue weighted by Gasteiger charge is 2.40. The maximum atomic E-state index is 13.2. The minimum Gasteiger partial charge on any atom is -0.445 e. The van der Waals surface area contributed by atoms with Crippen LogP contribution in [0.2, 0.25) is 0 Å². The topological polar surface area (TPSA) is 118 Å². The first-order valence-corrected chi connectivity index (χ1v) is 20.4. The number of carbonyl (C=O) groups is 3. The van der Waals surface area contributed by atoms with Crippen LogP contribution in [0.1, 0.15) is 71.6 Å². The number of hydrogen-bond donors (Lipinski definition) is 2. The Morgan fingerprint density at radius 2 is 1.50 bits per heavy atom. The molecule has 60 heavy (non-hydrogen) atoms. The van der Waals surface area contributed by atoms with Gasteiger partial charge < -0.3 is 24.6 Å². The van der Waals surface area contributed by atoms with Crippen LogP contribution in [0.15, 0.2) is 146 Å². The third-order valence-electron chi connectivity index (χ3n) is 11.6. The second-order valence-electron chi connectivity index (χ2n) is 15.7. The van der Waals surface area contributed by atoms with Crippen LogP contribution in [-0.2, 0) is 43.6 Å². The molecule has 0 bridgehead atoms. The maximum Gasteiger partial charge on any atom is 0.408 e. The lowest BCUT2D eigenvalue weighted by Gasteiger charge is -2.39. The average molecular weight is 804 g/mol. The van der Waals surface area contributed by atoms with E-state index in [0.29, 0.717) is 13.0 Å². The van der Waals surface area contributed by atoms with Crippen LogP contribution in [0, 0.1) is 0 Å². The van der Waals surface area contributed by atoms with Gasteiger partial charge in [-0.15, -0.1) is 0 Å². The molecule has 10 nitrogen and oxygen atoms in total. The Kier molecular flexibility index (Phi) is 12.4. The molecule has 2 saturated heterocycles. The maximum absolute atomic E-state index is 13.2. The van der Waals surface area contributed by atoms with Gasteiger partial charge in [-0.3, -0.25) is 19.4 Å². The number of imide groups is 1. The first-order chi connectivity index (χ1) is 29.2. The number of nitrogens with one attached hydrogen (secondary N) is 1. The number of aliphatic hydroxyl groups is 1. The number of hydrogen-bond acceptors (Lipinski definition) is 8. The normalized spacial score (nSPS) is 19.8. The number of amides is 3.